The Balaban J connectivity index is 1.19. The first-order chi connectivity index (χ1) is 22.5. The van der Waals surface area contributed by atoms with Crippen LogP contribution in [0.2, 0.25) is 0 Å². The second-order valence-corrected chi connectivity index (χ2v) is 13.6. The number of rotatable bonds is 10. The number of aromatic nitrogens is 2. The van der Waals surface area contributed by atoms with Crippen LogP contribution >= 0.6 is 0 Å². The molecule has 3 N–H and O–H groups in total. The minimum absolute atomic E-state index is 0.0602. The fraction of sp³-hybridized carbons (Fsp3) is 0.618. The van der Waals surface area contributed by atoms with Gasteiger partial charge in [-0.25, -0.2) is 9.78 Å². The monoisotopic (exact) mass is 650 g/mol. The van der Waals surface area contributed by atoms with Crippen LogP contribution in [0.5, 0.6) is 5.75 Å². The lowest BCUT2D eigenvalue weighted by atomic mass is 10.0. The van der Waals surface area contributed by atoms with Crippen molar-refractivity contribution < 1.29 is 23.9 Å². The first kappa shape index (κ1) is 34.2. The predicted octanol–water partition coefficient (Wildman–Crippen LogP) is 4.45. The third-order valence-corrected chi connectivity index (χ3v) is 9.14. The quantitative estimate of drug-likeness (QED) is 0.338. The number of hydrogen-bond acceptors (Lipinski definition) is 10. The first-order valence-electron chi connectivity index (χ1n) is 16.9. The maximum atomic E-state index is 13.2. The number of amides is 3. The van der Waals surface area contributed by atoms with Crippen LogP contribution in [-0.2, 0) is 9.53 Å². The Labute approximate surface area is 277 Å². The average molecular weight is 651 g/mol. The van der Waals surface area contributed by atoms with Gasteiger partial charge in [0.05, 0.1) is 19.0 Å². The number of carbonyl (C=O) groups excluding carboxylic acids is 3. The molecule has 256 valence electrons. The molecule has 1 atom stereocenters. The van der Waals surface area contributed by atoms with E-state index in [0.29, 0.717) is 41.6 Å². The Morgan fingerprint density at radius 1 is 1.09 bits per heavy atom. The maximum Gasteiger partial charge on any atom is 0.407 e. The highest BCUT2D eigenvalue weighted by Gasteiger charge is 2.41. The predicted molar refractivity (Wildman–Crippen MR) is 182 cm³/mol. The molecule has 5 rings (SSSR count). The molecule has 3 heterocycles. The van der Waals surface area contributed by atoms with E-state index >= 15 is 0 Å². The zero-order valence-corrected chi connectivity index (χ0v) is 28.6. The molecule has 1 saturated carbocycles. The number of anilines is 4. The van der Waals surface area contributed by atoms with Gasteiger partial charge in [-0.2, -0.15) is 4.98 Å². The second-order valence-electron chi connectivity index (χ2n) is 13.6. The number of methoxy groups -OCH3 is 1. The van der Waals surface area contributed by atoms with E-state index < -0.39 is 11.7 Å². The minimum atomic E-state index is -0.520. The zero-order chi connectivity index (χ0) is 33.7. The number of hydrogen-bond donors (Lipinski definition) is 3. The molecule has 1 aromatic carbocycles. The second kappa shape index (κ2) is 14.7. The van der Waals surface area contributed by atoms with Crippen molar-refractivity contribution in [3.8, 4) is 5.75 Å². The Morgan fingerprint density at radius 3 is 2.47 bits per heavy atom. The molecular weight excluding hydrogens is 600 g/mol. The van der Waals surface area contributed by atoms with Crippen LogP contribution in [0, 0.1) is 0 Å². The van der Waals surface area contributed by atoms with Crippen LogP contribution in [-0.4, -0.2) is 96.8 Å². The summed E-state index contributed by atoms with van der Waals surface area (Å²) < 4.78 is 11.0. The minimum Gasteiger partial charge on any atom is -0.495 e. The molecule has 1 saturated heterocycles. The smallest absolute Gasteiger partial charge is 0.407 e. The molecule has 3 amide bonds. The molecule has 2 fully saturated rings. The third-order valence-electron chi connectivity index (χ3n) is 9.14. The zero-order valence-electron chi connectivity index (χ0n) is 28.6. The van der Waals surface area contributed by atoms with E-state index in [1.165, 1.54) is 0 Å². The van der Waals surface area contributed by atoms with Gasteiger partial charge in [-0.1, -0.05) is 19.8 Å². The number of likely N-dealkylation sites (N-methyl/N-ethyl adjacent to an activating group) is 1. The van der Waals surface area contributed by atoms with E-state index in [9.17, 15) is 14.4 Å². The van der Waals surface area contributed by atoms with Crippen molar-refractivity contribution in [1.29, 1.82) is 0 Å². The molecule has 2 aliphatic heterocycles. The molecule has 2 aromatic rings. The van der Waals surface area contributed by atoms with Gasteiger partial charge in [0, 0.05) is 50.9 Å². The summed E-state index contributed by atoms with van der Waals surface area (Å²) in [6, 6.07) is 5.37. The number of nitrogens with zero attached hydrogens (tertiary/aromatic N) is 5. The first-order valence-corrected chi connectivity index (χ1v) is 16.9. The molecule has 13 nitrogen and oxygen atoms in total. The van der Waals surface area contributed by atoms with E-state index in [1.807, 2.05) is 27.7 Å². The number of nitrogens with one attached hydrogen (secondary N) is 3. The van der Waals surface area contributed by atoms with Crippen LogP contribution in [0.4, 0.5) is 27.9 Å². The normalized spacial score (nSPS) is 19.4. The number of piperidine rings is 1. The van der Waals surface area contributed by atoms with Gasteiger partial charge in [0.2, 0.25) is 11.9 Å². The summed E-state index contributed by atoms with van der Waals surface area (Å²) in [5.41, 5.74) is 1.32. The van der Waals surface area contributed by atoms with Gasteiger partial charge in [0.1, 0.15) is 23.1 Å². The van der Waals surface area contributed by atoms with Crippen LogP contribution < -0.4 is 30.5 Å². The Morgan fingerprint density at radius 2 is 1.81 bits per heavy atom. The van der Waals surface area contributed by atoms with Gasteiger partial charge in [0.15, 0.2) is 5.82 Å². The molecule has 47 heavy (non-hydrogen) atoms. The molecular formula is C34H50N8O5. The standard InChI is InChI=1S/C34H50N8O5/c1-7-26-31(44)40(5)27-21-36-32(39-29(27)42(26)24-10-8-9-11-24)38-25-13-12-22(20-28(25)46-6)30(43)37-23-14-17-41(18-15-23)19-16-35-33(45)47-34(2,3)4/h12-13,20-21,23-24,26H,7-11,14-19H2,1-6H3,(H,35,45)(H,37,43)(H,36,38,39)/t26-/m1/s1. The maximum absolute atomic E-state index is 13.2. The summed E-state index contributed by atoms with van der Waals surface area (Å²) >= 11 is 0. The Bertz CT molecular complexity index is 1430. The fourth-order valence-corrected chi connectivity index (χ4v) is 6.70. The number of alkyl carbamates (subject to hydrolysis) is 1. The highest BCUT2D eigenvalue weighted by Crippen LogP contribution is 2.40. The van der Waals surface area contributed by atoms with E-state index in [2.05, 4.69) is 30.7 Å². The molecule has 1 aromatic heterocycles. The van der Waals surface area contributed by atoms with Crippen molar-refractivity contribution in [1.82, 2.24) is 25.5 Å². The van der Waals surface area contributed by atoms with Gasteiger partial charge >= 0.3 is 6.09 Å². The van der Waals surface area contributed by atoms with Crippen molar-refractivity contribution in [2.45, 2.75) is 96.4 Å². The fourth-order valence-electron chi connectivity index (χ4n) is 6.70. The third kappa shape index (κ3) is 8.24. The van der Waals surface area contributed by atoms with Crippen LogP contribution in [0.15, 0.2) is 24.4 Å². The molecule has 0 radical (unpaired) electrons. The van der Waals surface area contributed by atoms with Gasteiger partial charge in [-0.3, -0.25) is 9.59 Å². The van der Waals surface area contributed by atoms with Gasteiger partial charge in [0.25, 0.3) is 5.91 Å². The van der Waals surface area contributed by atoms with Gasteiger partial charge < -0.3 is 40.1 Å². The van der Waals surface area contributed by atoms with Crippen molar-refractivity contribution in [2.75, 3.05) is 55.5 Å². The number of likely N-dealkylation sites (tertiary alicyclic amines) is 1. The lowest BCUT2D eigenvalue weighted by Gasteiger charge is -2.43. The number of carbonyl (C=O) groups is 3. The summed E-state index contributed by atoms with van der Waals surface area (Å²) in [5, 5.41) is 9.25. The summed E-state index contributed by atoms with van der Waals surface area (Å²) in [5.74, 6) is 1.58. The summed E-state index contributed by atoms with van der Waals surface area (Å²) in [7, 11) is 3.35. The summed E-state index contributed by atoms with van der Waals surface area (Å²) in [4.78, 5) is 53.9. The lowest BCUT2D eigenvalue weighted by molar-refractivity contribution is -0.120. The van der Waals surface area contributed by atoms with E-state index in [-0.39, 0.29) is 29.9 Å². The van der Waals surface area contributed by atoms with Crippen molar-refractivity contribution in [2.24, 2.45) is 0 Å². The number of ether oxygens (including phenoxy) is 2. The summed E-state index contributed by atoms with van der Waals surface area (Å²) in [6.07, 6.45) is 8.03. The van der Waals surface area contributed by atoms with Crippen molar-refractivity contribution in [3.05, 3.63) is 30.0 Å². The summed E-state index contributed by atoms with van der Waals surface area (Å²) in [6.45, 7) is 10.5. The van der Waals surface area contributed by atoms with E-state index in [0.717, 1.165) is 64.0 Å². The highest BCUT2D eigenvalue weighted by molar-refractivity contribution is 6.04. The van der Waals surface area contributed by atoms with Crippen molar-refractivity contribution >= 4 is 41.0 Å². The SMILES string of the molecule is CC[C@@H]1C(=O)N(C)c2cnc(Nc3ccc(C(=O)NC4CCN(CCNC(=O)OC(C)(C)C)CC4)cc3OC)nc2N1C1CCCC1. The Hall–Kier alpha value is -4.13. The molecule has 0 unspecified atom stereocenters. The Kier molecular flexibility index (Phi) is 10.7. The van der Waals surface area contributed by atoms with Gasteiger partial charge in [-0.05, 0) is 71.1 Å². The molecule has 0 bridgehead atoms. The van der Waals surface area contributed by atoms with E-state index in [1.54, 1.807) is 43.5 Å². The van der Waals surface area contributed by atoms with Crippen LogP contribution in [0.25, 0.3) is 0 Å². The molecule has 3 aliphatic rings. The van der Waals surface area contributed by atoms with E-state index in [4.69, 9.17) is 14.5 Å². The van der Waals surface area contributed by atoms with Gasteiger partial charge in [-0.15, -0.1) is 0 Å². The van der Waals surface area contributed by atoms with Crippen LogP contribution in [0.3, 0.4) is 0 Å². The van der Waals surface area contributed by atoms with Crippen LogP contribution in [0.1, 0.15) is 83.0 Å². The largest absolute Gasteiger partial charge is 0.495 e. The topological polar surface area (TPSA) is 141 Å². The molecule has 1 aliphatic carbocycles. The molecule has 13 heteroatoms. The average Bonchev–Trinajstić information content (AvgIpc) is 3.57. The lowest BCUT2D eigenvalue weighted by Crippen LogP contribution is -2.55. The van der Waals surface area contributed by atoms with Crippen molar-refractivity contribution in [3.63, 3.8) is 0 Å². The number of fused-ring (bicyclic) bond motifs is 1. The number of benzene rings is 1. The highest BCUT2D eigenvalue weighted by atomic mass is 16.6. The molecule has 0 spiro atoms.